The molecule has 0 N–H and O–H groups in total. The quantitative estimate of drug-likeness (QED) is 0.494. The first-order valence-corrected chi connectivity index (χ1v) is 12.7. The highest BCUT2D eigenvalue weighted by atomic mass is 32.2. The molecule has 2 aromatic carbocycles. The minimum Gasteiger partial charge on any atom is -0.418 e. The molecule has 0 spiro atoms. The number of hydrogen-bond donors (Lipinski definition) is 0. The zero-order valence-corrected chi connectivity index (χ0v) is 20.8. The van der Waals surface area contributed by atoms with Gasteiger partial charge >= 0.3 is 0 Å². The molecule has 2 unspecified atom stereocenters. The Morgan fingerprint density at radius 1 is 0.966 bits per heavy atom. The Bertz CT molecular complexity index is 903. The van der Waals surface area contributed by atoms with Gasteiger partial charge in [-0.05, 0) is 35.3 Å². The molecule has 2 atom stereocenters. The second-order valence-corrected chi connectivity index (χ2v) is 11.2. The zero-order valence-electron chi connectivity index (χ0n) is 18.0. The molecule has 0 bridgehead atoms. The largest absolute Gasteiger partial charge is 0.418 e. The van der Waals surface area contributed by atoms with Gasteiger partial charge in [0.1, 0.15) is 10.5 Å². The van der Waals surface area contributed by atoms with Crippen LogP contribution in [0.2, 0.25) is 0 Å². The molecule has 2 aromatic rings. The van der Waals surface area contributed by atoms with Gasteiger partial charge in [0.2, 0.25) is 0 Å². The summed E-state index contributed by atoms with van der Waals surface area (Å²) in [6, 6.07) is 21.0. The minimum absolute atomic E-state index is 0.0651. The van der Waals surface area contributed by atoms with Crippen LogP contribution in [0, 0.1) is 11.3 Å². The highest BCUT2D eigenvalue weighted by Crippen LogP contribution is 2.58. The lowest BCUT2D eigenvalue weighted by Gasteiger charge is -2.55. The van der Waals surface area contributed by atoms with Crippen molar-refractivity contribution >= 4 is 20.6 Å². The van der Waals surface area contributed by atoms with Gasteiger partial charge in [-0.25, -0.2) is 0 Å². The maximum atomic E-state index is 11.6. The van der Waals surface area contributed by atoms with Gasteiger partial charge in [-0.2, -0.15) is 8.42 Å². The van der Waals surface area contributed by atoms with Crippen molar-refractivity contribution < 1.29 is 17.0 Å². The van der Waals surface area contributed by atoms with E-state index < -0.39 is 15.7 Å². The summed E-state index contributed by atoms with van der Waals surface area (Å²) in [5.74, 6) is 0.291. The summed E-state index contributed by atoms with van der Waals surface area (Å²) in [5.41, 5.74) is 1.81. The minimum atomic E-state index is -3.46. The first kappa shape index (κ1) is 22.2. The maximum absolute atomic E-state index is 11.6. The van der Waals surface area contributed by atoms with E-state index in [1.54, 1.807) is 0 Å². The highest BCUT2D eigenvalue weighted by Gasteiger charge is 2.55. The van der Waals surface area contributed by atoms with E-state index in [2.05, 4.69) is 69.3 Å². The summed E-state index contributed by atoms with van der Waals surface area (Å²) in [4.78, 5) is 0. The van der Waals surface area contributed by atoms with Crippen LogP contribution in [0.15, 0.2) is 60.7 Å². The van der Waals surface area contributed by atoms with Crippen molar-refractivity contribution in [2.24, 2.45) is 11.3 Å². The van der Waals surface area contributed by atoms with Crippen molar-refractivity contribution in [3.63, 3.8) is 0 Å². The van der Waals surface area contributed by atoms with Crippen LogP contribution in [-0.4, -0.2) is 31.3 Å². The van der Waals surface area contributed by atoms with Gasteiger partial charge in [0, 0.05) is 5.92 Å². The zero-order chi connectivity index (χ0) is 21.3. The molecule has 158 valence electrons. The molecule has 1 saturated carbocycles. The summed E-state index contributed by atoms with van der Waals surface area (Å²) in [5, 5.41) is 0. The van der Waals surface area contributed by atoms with Crippen LogP contribution in [0.25, 0.3) is 0 Å². The first-order valence-electron chi connectivity index (χ1n) is 10.1. The smallest absolute Gasteiger partial charge is 0.264 e. The van der Waals surface area contributed by atoms with Crippen LogP contribution in [0.4, 0.5) is 0 Å². The molecular weight excluding hydrogens is 400 g/mol. The molecule has 0 aliphatic heterocycles. The van der Waals surface area contributed by atoms with Crippen molar-refractivity contribution in [1.29, 1.82) is 0 Å². The molecule has 1 fully saturated rings. The molecule has 0 saturated heterocycles. The number of rotatable bonds is 7. The molecule has 6 heteroatoms. The molecule has 4 nitrogen and oxygen atoms in total. The Labute approximate surface area is 178 Å². The van der Waals surface area contributed by atoms with Gasteiger partial charge in [0.05, 0.1) is 18.0 Å². The van der Waals surface area contributed by atoms with Gasteiger partial charge in [-0.1, -0.05) is 81.4 Å². The fourth-order valence-corrected chi connectivity index (χ4v) is 6.47. The lowest BCUT2D eigenvalue weighted by atomic mass is 9.56. The molecule has 3 rings (SSSR count). The van der Waals surface area contributed by atoms with E-state index in [0.717, 1.165) is 11.8 Å². The van der Waals surface area contributed by atoms with Crippen molar-refractivity contribution in [3.8, 4) is 0 Å². The lowest BCUT2D eigenvalue weighted by molar-refractivity contribution is -0.110. The van der Waals surface area contributed by atoms with Crippen molar-refractivity contribution in [2.75, 3.05) is 6.26 Å². The average Bonchev–Trinajstić information content (AvgIpc) is 2.62. The van der Waals surface area contributed by atoms with Gasteiger partial charge in [0.15, 0.2) is 0 Å². The van der Waals surface area contributed by atoms with E-state index in [9.17, 15) is 8.42 Å². The molecule has 0 aromatic heterocycles. The Morgan fingerprint density at radius 3 is 1.93 bits per heavy atom. The summed E-state index contributed by atoms with van der Waals surface area (Å²) in [6.07, 6.45) is 2.19. The third kappa shape index (κ3) is 4.66. The van der Waals surface area contributed by atoms with E-state index in [0.29, 0.717) is 23.3 Å². The standard InChI is InChI=1S/C23H32O4SSi/c1-22(2,3)21(17-11-7-5-8-12-17)23(27-29,18-13-9-6-10-14-18)19-15-20(16-19)26-28(4,24)25/h5-14,19-21H,15-16H2,1-4,29H3. The van der Waals surface area contributed by atoms with Crippen LogP contribution in [0.3, 0.4) is 0 Å². The predicted octanol–water partition coefficient (Wildman–Crippen LogP) is 3.76. The number of benzene rings is 2. The van der Waals surface area contributed by atoms with E-state index in [4.69, 9.17) is 8.61 Å². The second kappa shape index (κ2) is 8.34. The van der Waals surface area contributed by atoms with E-state index in [-0.39, 0.29) is 23.4 Å². The SMILES string of the molecule is CC(C)(C)C(c1ccccc1)C(O[SiH3])(c1ccccc1)C1CC(OS(C)(=O)=O)C1. The van der Waals surface area contributed by atoms with Gasteiger partial charge < -0.3 is 4.43 Å². The summed E-state index contributed by atoms with van der Waals surface area (Å²) in [6.45, 7) is 6.77. The average molecular weight is 433 g/mol. The second-order valence-electron chi connectivity index (χ2n) is 9.16. The van der Waals surface area contributed by atoms with E-state index >= 15 is 0 Å². The Kier molecular flexibility index (Phi) is 6.39. The van der Waals surface area contributed by atoms with Gasteiger partial charge in [-0.15, -0.1) is 0 Å². The third-order valence-corrected chi connectivity index (χ3v) is 7.30. The fraction of sp³-hybridized carbons (Fsp3) is 0.478. The highest BCUT2D eigenvalue weighted by molar-refractivity contribution is 7.86. The lowest BCUT2D eigenvalue weighted by Crippen LogP contribution is -2.54. The molecule has 0 amide bonds. The van der Waals surface area contributed by atoms with E-state index in [1.807, 2.05) is 12.1 Å². The van der Waals surface area contributed by atoms with Crippen LogP contribution < -0.4 is 0 Å². The number of hydrogen-bond acceptors (Lipinski definition) is 4. The monoisotopic (exact) mass is 432 g/mol. The summed E-state index contributed by atoms with van der Waals surface area (Å²) < 4.78 is 35.1. The summed E-state index contributed by atoms with van der Waals surface area (Å²) >= 11 is 0. The third-order valence-electron chi connectivity index (χ3n) is 6.00. The van der Waals surface area contributed by atoms with Crippen molar-refractivity contribution in [2.45, 2.75) is 51.2 Å². The normalized spacial score (nSPS) is 23.2. The Morgan fingerprint density at radius 2 is 1.48 bits per heavy atom. The predicted molar refractivity (Wildman–Crippen MR) is 120 cm³/mol. The molecule has 0 heterocycles. The molecule has 0 radical (unpaired) electrons. The van der Waals surface area contributed by atoms with Crippen LogP contribution >= 0.6 is 0 Å². The van der Waals surface area contributed by atoms with Crippen molar-refractivity contribution in [3.05, 3.63) is 71.8 Å². The fourth-order valence-electron chi connectivity index (χ4n) is 5.02. The molecule has 29 heavy (non-hydrogen) atoms. The van der Waals surface area contributed by atoms with Crippen molar-refractivity contribution in [1.82, 2.24) is 0 Å². The van der Waals surface area contributed by atoms with E-state index in [1.165, 1.54) is 5.56 Å². The van der Waals surface area contributed by atoms with Crippen LogP contribution in [0.5, 0.6) is 0 Å². The van der Waals surface area contributed by atoms with Gasteiger partial charge in [0.25, 0.3) is 10.1 Å². The molecular formula is C23H32O4SSi. The van der Waals surface area contributed by atoms with Gasteiger partial charge in [-0.3, -0.25) is 4.18 Å². The Balaban J connectivity index is 2.10. The Hall–Kier alpha value is -1.47. The summed E-state index contributed by atoms with van der Waals surface area (Å²) in [7, 11) is -2.88. The maximum Gasteiger partial charge on any atom is 0.264 e. The first-order chi connectivity index (χ1) is 13.6. The van der Waals surface area contributed by atoms with Crippen LogP contribution in [0.1, 0.15) is 50.7 Å². The van der Waals surface area contributed by atoms with Crippen LogP contribution in [-0.2, 0) is 24.3 Å². The molecule has 1 aliphatic carbocycles. The topological polar surface area (TPSA) is 52.6 Å². The molecule has 1 aliphatic rings.